The number of rotatable bonds is 6. The molecular weight excluding hydrogens is 286 g/mol. The molecule has 0 atom stereocenters. The van der Waals surface area contributed by atoms with E-state index in [1.54, 1.807) is 0 Å². The van der Waals surface area contributed by atoms with E-state index in [-0.39, 0.29) is 5.91 Å². The van der Waals surface area contributed by atoms with Gasteiger partial charge in [0.25, 0.3) is 5.91 Å². The highest BCUT2D eigenvalue weighted by atomic mass is 35.5. The summed E-state index contributed by atoms with van der Waals surface area (Å²) < 4.78 is 2.01. The number of unbranched alkanes of at least 4 members (excludes halogenated alkanes) is 1. The summed E-state index contributed by atoms with van der Waals surface area (Å²) in [6.07, 6.45) is 3.15. The number of carbonyl (C=O) groups is 1. The topological polar surface area (TPSA) is 60.1 Å². The Kier molecular flexibility index (Phi) is 5.42. The third kappa shape index (κ3) is 3.86. The molecule has 0 bridgehead atoms. The Labute approximate surface area is 129 Å². The van der Waals surface area contributed by atoms with Crippen LogP contribution in [0.5, 0.6) is 0 Å². The number of halogens is 1. The summed E-state index contributed by atoms with van der Waals surface area (Å²) in [5.74, 6) is 4.99. The predicted molar refractivity (Wildman–Crippen MR) is 85.3 cm³/mol. The van der Waals surface area contributed by atoms with Crippen LogP contribution in [0.25, 0.3) is 0 Å². The summed E-state index contributed by atoms with van der Waals surface area (Å²) in [6.45, 7) is 2.78. The summed E-state index contributed by atoms with van der Waals surface area (Å²) in [5.41, 5.74) is 5.03. The Morgan fingerprint density at radius 2 is 1.95 bits per heavy atom. The minimum absolute atomic E-state index is 0.272. The molecule has 0 saturated carbocycles. The number of aromatic nitrogens is 1. The van der Waals surface area contributed by atoms with Crippen molar-refractivity contribution in [2.75, 3.05) is 0 Å². The molecule has 0 fully saturated rings. The van der Waals surface area contributed by atoms with E-state index in [9.17, 15) is 4.79 Å². The highest BCUT2D eigenvalue weighted by Gasteiger charge is 2.14. The third-order valence-electron chi connectivity index (χ3n) is 3.48. The molecule has 0 unspecified atom stereocenters. The number of nitrogens with two attached hydrogens (primary N) is 1. The van der Waals surface area contributed by atoms with Gasteiger partial charge in [-0.05, 0) is 42.7 Å². The molecule has 1 aromatic carbocycles. The third-order valence-corrected chi connectivity index (χ3v) is 3.73. The number of hydrogen-bond acceptors (Lipinski definition) is 2. The lowest BCUT2D eigenvalue weighted by Gasteiger charge is -2.13. The summed E-state index contributed by atoms with van der Waals surface area (Å²) in [7, 11) is 0. The molecular formula is C16H20ClN3O. The van der Waals surface area contributed by atoms with Gasteiger partial charge < -0.3 is 4.57 Å². The molecule has 5 heteroatoms. The van der Waals surface area contributed by atoms with Gasteiger partial charge in [0, 0.05) is 17.3 Å². The molecule has 0 saturated heterocycles. The Bertz CT molecular complexity index is 604. The number of amides is 1. The van der Waals surface area contributed by atoms with Crippen LogP contribution < -0.4 is 11.3 Å². The number of nitrogens with one attached hydrogen (secondary N) is 1. The standard InChI is InChI=1S/C16H20ClN3O/c1-2-3-4-14-9-10-15(16(21)19-18)20(14)11-12-5-7-13(17)8-6-12/h5-10H,2-4,11,18H2,1H3,(H,19,21). The molecule has 0 aliphatic carbocycles. The largest absolute Gasteiger partial charge is 0.336 e. The van der Waals surface area contributed by atoms with E-state index in [0.717, 1.165) is 30.5 Å². The van der Waals surface area contributed by atoms with Crippen molar-refractivity contribution in [2.45, 2.75) is 32.7 Å². The van der Waals surface area contributed by atoms with E-state index in [4.69, 9.17) is 17.4 Å². The molecule has 1 amide bonds. The average molecular weight is 306 g/mol. The van der Waals surface area contributed by atoms with Crippen molar-refractivity contribution < 1.29 is 4.79 Å². The first kappa shape index (κ1) is 15.6. The first-order chi connectivity index (χ1) is 10.2. The predicted octanol–water partition coefficient (Wildman–Crippen LogP) is 3.14. The van der Waals surface area contributed by atoms with Gasteiger partial charge >= 0.3 is 0 Å². The molecule has 1 heterocycles. The van der Waals surface area contributed by atoms with Crippen LogP contribution in [-0.2, 0) is 13.0 Å². The molecule has 112 valence electrons. The fourth-order valence-corrected chi connectivity index (χ4v) is 2.44. The molecule has 0 radical (unpaired) electrons. The summed E-state index contributed by atoms with van der Waals surface area (Å²) in [4.78, 5) is 11.9. The first-order valence-corrected chi connectivity index (χ1v) is 7.47. The van der Waals surface area contributed by atoms with E-state index < -0.39 is 0 Å². The average Bonchev–Trinajstić information content (AvgIpc) is 2.89. The number of nitrogens with zero attached hydrogens (tertiary/aromatic N) is 1. The number of hydrogen-bond donors (Lipinski definition) is 2. The second kappa shape index (κ2) is 7.29. The van der Waals surface area contributed by atoms with Gasteiger partial charge in [0.05, 0.1) is 0 Å². The SMILES string of the molecule is CCCCc1ccc(C(=O)NN)n1Cc1ccc(Cl)cc1. The number of nitrogen functional groups attached to an aromatic ring is 1. The number of benzene rings is 1. The monoisotopic (exact) mass is 305 g/mol. The Morgan fingerprint density at radius 3 is 2.57 bits per heavy atom. The fraction of sp³-hybridized carbons (Fsp3) is 0.312. The molecule has 0 aliphatic heterocycles. The summed E-state index contributed by atoms with van der Waals surface area (Å²) >= 11 is 5.91. The van der Waals surface area contributed by atoms with Gasteiger partial charge in [0.1, 0.15) is 5.69 Å². The van der Waals surface area contributed by atoms with Crippen molar-refractivity contribution in [2.24, 2.45) is 5.84 Å². The molecule has 0 aliphatic rings. The molecule has 3 N–H and O–H groups in total. The van der Waals surface area contributed by atoms with Crippen LogP contribution in [0.2, 0.25) is 5.02 Å². The van der Waals surface area contributed by atoms with Gasteiger partial charge in [-0.1, -0.05) is 37.1 Å². The van der Waals surface area contributed by atoms with E-state index in [2.05, 4.69) is 12.3 Å². The second-order valence-electron chi connectivity index (χ2n) is 5.00. The van der Waals surface area contributed by atoms with Crippen molar-refractivity contribution in [1.29, 1.82) is 0 Å². The van der Waals surface area contributed by atoms with E-state index >= 15 is 0 Å². The van der Waals surface area contributed by atoms with Gasteiger partial charge in [-0.2, -0.15) is 0 Å². The zero-order valence-corrected chi connectivity index (χ0v) is 12.9. The van der Waals surface area contributed by atoms with Crippen LogP contribution >= 0.6 is 11.6 Å². The van der Waals surface area contributed by atoms with Crippen molar-refractivity contribution in [3.63, 3.8) is 0 Å². The van der Waals surface area contributed by atoms with Gasteiger partial charge in [0.2, 0.25) is 0 Å². The van der Waals surface area contributed by atoms with Crippen LogP contribution in [0.15, 0.2) is 36.4 Å². The lowest BCUT2D eigenvalue weighted by Crippen LogP contribution is -2.32. The first-order valence-electron chi connectivity index (χ1n) is 7.09. The van der Waals surface area contributed by atoms with Gasteiger partial charge in [-0.3, -0.25) is 10.2 Å². The number of carbonyl (C=O) groups excluding carboxylic acids is 1. The molecule has 4 nitrogen and oxygen atoms in total. The molecule has 21 heavy (non-hydrogen) atoms. The van der Waals surface area contributed by atoms with E-state index in [1.807, 2.05) is 41.0 Å². The maximum absolute atomic E-state index is 11.9. The van der Waals surface area contributed by atoms with E-state index in [0.29, 0.717) is 17.3 Å². The van der Waals surface area contributed by atoms with Crippen LogP contribution in [0.3, 0.4) is 0 Å². The number of aryl methyl sites for hydroxylation is 1. The smallest absolute Gasteiger partial charge is 0.281 e. The van der Waals surface area contributed by atoms with Crippen LogP contribution in [0, 0.1) is 0 Å². The molecule has 2 rings (SSSR count). The summed E-state index contributed by atoms with van der Waals surface area (Å²) in [6, 6.07) is 11.5. The van der Waals surface area contributed by atoms with Gasteiger partial charge in [0.15, 0.2) is 0 Å². The van der Waals surface area contributed by atoms with Crippen molar-refractivity contribution in [3.05, 3.63) is 58.4 Å². The van der Waals surface area contributed by atoms with E-state index in [1.165, 1.54) is 0 Å². The quantitative estimate of drug-likeness (QED) is 0.489. The minimum Gasteiger partial charge on any atom is -0.336 e. The maximum atomic E-state index is 11.9. The Balaban J connectivity index is 2.30. The molecule has 2 aromatic rings. The van der Waals surface area contributed by atoms with Crippen LogP contribution in [0.4, 0.5) is 0 Å². The lowest BCUT2D eigenvalue weighted by atomic mass is 10.2. The highest BCUT2D eigenvalue weighted by molar-refractivity contribution is 6.30. The minimum atomic E-state index is -0.272. The highest BCUT2D eigenvalue weighted by Crippen LogP contribution is 2.17. The fourth-order valence-electron chi connectivity index (χ4n) is 2.32. The van der Waals surface area contributed by atoms with Gasteiger partial charge in [-0.25, -0.2) is 5.84 Å². The second-order valence-corrected chi connectivity index (χ2v) is 5.44. The number of hydrazine groups is 1. The Morgan fingerprint density at radius 1 is 1.24 bits per heavy atom. The lowest BCUT2D eigenvalue weighted by molar-refractivity contribution is 0.0944. The normalized spacial score (nSPS) is 10.6. The summed E-state index contributed by atoms with van der Waals surface area (Å²) in [5, 5.41) is 0.706. The maximum Gasteiger partial charge on any atom is 0.281 e. The molecule has 0 spiro atoms. The van der Waals surface area contributed by atoms with Crippen LogP contribution in [0.1, 0.15) is 41.5 Å². The van der Waals surface area contributed by atoms with Crippen molar-refractivity contribution in [1.82, 2.24) is 9.99 Å². The molecule has 1 aromatic heterocycles. The zero-order chi connectivity index (χ0) is 15.2. The van der Waals surface area contributed by atoms with Crippen molar-refractivity contribution >= 4 is 17.5 Å². The zero-order valence-electron chi connectivity index (χ0n) is 12.1. The van der Waals surface area contributed by atoms with Gasteiger partial charge in [-0.15, -0.1) is 0 Å². The van der Waals surface area contributed by atoms with Crippen molar-refractivity contribution in [3.8, 4) is 0 Å². The van der Waals surface area contributed by atoms with Crippen LogP contribution in [-0.4, -0.2) is 10.5 Å². The Hall–Kier alpha value is -1.78.